The van der Waals surface area contributed by atoms with E-state index in [-0.39, 0.29) is 23.9 Å². The second kappa shape index (κ2) is 10.0. The Balaban J connectivity index is 2.25. The lowest BCUT2D eigenvalue weighted by atomic mass is 10.2. The number of halogens is 1. The lowest BCUT2D eigenvalue weighted by Gasteiger charge is -2.22. The van der Waals surface area contributed by atoms with Gasteiger partial charge in [0.25, 0.3) is 0 Å². The van der Waals surface area contributed by atoms with E-state index < -0.39 is 10.0 Å². The number of hydrogen-bond acceptors (Lipinski definition) is 3. The van der Waals surface area contributed by atoms with E-state index >= 15 is 0 Å². The predicted molar refractivity (Wildman–Crippen MR) is 111 cm³/mol. The highest BCUT2D eigenvalue weighted by atomic mass is 79.9. The summed E-state index contributed by atoms with van der Waals surface area (Å²) in [5.41, 5.74) is 1.79. The summed E-state index contributed by atoms with van der Waals surface area (Å²) in [6.45, 7) is 4.40. The van der Waals surface area contributed by atoms with Gasteiger partial charge < -0.3 is 5.32 Å². The summed E-state index contributed by atoms with van der Waals surface area (Å²) in [7, 11) is -3.79. The summed E-state index contributed by atoms with van der Waals surface area (Å²) >= 11 is 3.37. The van der Waals surface area contributed by atoms with Gasteiger partial charge in [-0.25, -0.2) is 8.42 Å². The maximum atomic E-state index is 13.1. The van der Waals surface area contributed by atoms with E-state index in [1.165, 1.54) is 4.31 Å². The Labute approximate surface area is 170 Å². The van der Waals surface area contributed by atoms with Gasteiger partial charge in [0.15, 0.2) is 0 Å². The first-order valence-electron chi connectivity index (χ1n) is 8.91. The number of nitrogens with zero attached hydrogens (tertiary/aromatic N) is 1. The summed E-state index contributed by atoms with van der Waals surface area (Å²) in [5.74, 6) is -0.295. The fourth-order valence-electron chi connectivity index (χ4n) is 2.50. The molecule has 0 bridgehead atoms. The van der Waals surface area contributed by atoms with Gasteiger partial charge >= 0.3 is 0 Å². The van der Waals surface area contributed by atoms with Crippen LogP contribution in [-0.2, 0) is 21.4 Å². The highest BCUT2D eigenvalue weighted by Gasteiger charge is 2.26. The zero-order chi connectivity index (χ0) is 19.9. The van der Waals surface area contributed by atoms with Gasteiger partial charge in [-0.05, 0) is 43.2 Å². The molecule has 0 saturated heterocycles. The monoisotopic (exact) mass is 452 g/mol. The Hall–Kier alpha value is -1.70. The van der Waals surface area contributed by atoms with Crippen LogP contribution in [0.5, 0.6) is 0 Å². The molecule has 1 N–H and O–H groups in total. The van der Waals surface area contributed by atoms with Crippen molar-refractivity contribution >= 4 is 31.9 Å². The third kappa shape index (κ3) is 6.45. The van der Waals surface area contributed by atoms with E-state index in [0.29, 0.717) is 6.54 Å². The van der Waals surface area contributed by atoms with Crippen LogP contribution in [-0.4, -0.2) is 31.7 Å². The first-order valence-corrected chi connectivity index (χ1v) is 11.1. The van der Waals surface area contributed by atoms with E-state index in [2.05, 4.69) is 21.2 Å². The van der Waals surface area contributed by atoms with Crippen molar-refractivity contribution in [2.45, 2.75) is 38.1 Å². The first-order chi connectivity index (χ1) is 12.8. The van der Waals surface area contributed by atoms with Crippen LogP contribution in [0.15, 0.2) is 57.9 Å². The van der Waals surface area contributed by atoms with Gasteiger partial charge in [-0.1, -0.05) is 59.1 Å². The van der Waals surface area contributed by atoms with E-state index in [4.69, 9.17) is 0 Å². The average molecular weight is 453 g/mol. The Kier molecular flexibility index (Phi) is 8.01. The second-order valence-corrected chi connectivity index (χ2v) is 9.27. The van der Waals surface area contributed by atoms with E-state index in [0.717, 1.165) is 28.4 Å². The van der Waals surface area contributed by atoms with Crippen molar-refractivity contribution in [1.82, 2.24) is 9.62 Å². The van der Waals surface area contributed by atoms with Crippen LogP contribution < -0.4 is 5.32 Å². The number of amides is 1. The van der Waals surface area contributed by atoms with Crippen molar-refractivity contribution in [1.29, 1.82) is 0 Å². The molecule has 0 aliphatic rings. The SMILES string of the molecule is CCCCNC(=O)CN(Cc1ccc(Br)cc1)S(=O)(=O)c1ccc(C)cc1. The molecule has 0 radical (unpaired) electrons. The standard InChI is InChI=1S/C20H25BrN2O3S/c1-3-4-13-22-20(24)15-23(14-17-7-9-18(21)10-8-17)27(25,26)19-11-5-16(2)6-12-19/h5-12H,3-4,13-15H2,1-2H3,(H,22,24). The maximum Gasteiger partial charge on any atom is 0.243 e. The van der Waals surface area contributed by atoms with Crippen LogP contribution in [0.3, 0.4) is 0 Å². The second-order valence-electron chi connectivity index (χ2n) is 6.42. The molecule has 146 valence electrons. The minimum absolute atomic E-state index is 0.130. The molecule has 0 heterocycles. The Bertz CT molecular complexity index is 850. The first kappa shape index (κ1) is 21.6. The summed E-state index contributed by atoms with van der Waals surface area (Å²) in [6.07, 6.45) is 1.83. The summed E-state index contributed by atoms with van der Waals surface area (Å²) in [4.78, 5) is 12.5. The largest absolute Gasteiger partial charge is 0.355 e. The van der Waals surface area contributed by atoms with Gasteiger partial charge in [0.2, 0.25) is 15.9 Å². The van der Waals surface area contributed by atoms with Crippen LogP contribution in [0.1, 0.15) is 30.9 Å². The maximum absolute atomic E-state index is 13.1. The van der Waals surface area contributed by atoms with Gasteiger partial charge in [0.05, 0.1) is 11.4 Å². The lowest BCUT2D eigenvalue weighted by molar-refractivity contribution is -0.121. The number of benzene rings is 2. The summed E-state index contributed by atoms with van der Waals surface area (Å²) in [5, 5.41) is 2.79. The number of carbonyl (C=O) groups excluding carboxylic acids is 1. The molecule has 0 spiro atoms. The number of rotatable bonds is 9. The third-order valence-corrected chi connectivity index (χ3v) is 6.44. The molecule has 0 aromatic heterocycles. The number of hydrogen-bond donors (Lipinski definition) is 1. The highest BCUT2D eigenvalue weighted by Crippen LogP contribution is 2.20. The van der Waals surface area contributed by atoms with Crippen molar-refractivity contribution in [2.75, 3.05) is 13.1 Å². The van der Waals surface area contributed by atoms with Crippen molar-refractivity contribution in [3.05, 3.63) is 64.1 Å². The minimum Gasteiger partial charge on any atom is -0.355 e. The van der Waals surface area contributed by atoms with Gasteiger partial charge in [-0.3, -0.25) is 4.79 Å². The molecule has 7 heteroatoms. The highest BCUT2D eigenvalue weighted by molar-refractivity contribution is 9.10. The molecule has 0 unspecified atom stereocenters. The van der Waals surface area contributed by atoms with Crippen LogP contribution in [0.25, 0.3) is 0 Å². The number of carbonyl (C=O) groups is 1. The molecule has 27 heavy (non-hydrogen) atoms. The van der Waals surface area contributed by atoms with Crippen LogP contribution >= 0.6 is 15.9 Å². The molecule has 2 aromatic carbocycles. The average Bonchev–Trinajstić information content (AvgIpc) is 2.63. The molecule has 0 saturated carbocycles. The number of nitrogens with one attached hydrogen (secondary N) is 1. The van der Waals surface area contributed by atoms with Gasteiger partial charge in [-0.2, -0.15) is 4.31 Å². The Morgan fingerprint density at radius 3 is 2.30 bits per heavy atom. The number of unbranched alkanes of at least 4 members (excludes halogenated alkanes) is 1. The predicted octanol–water partition coefficient (Wildman–Crippen LogP) is 3.86. The molecule has 2 aromatic rings. The zero-order valence-electron chi connectivity index (χ0n) is 15.6. The molecule has 1 amide bonds. The smallest absolute Gasteiger partial charge is 0.243 e. The zero-order valence-corrected chi connectivity index (χ0v) is 18.0. The number of sulfonamides is 1. The normalized spacial score (nSPS) is 11.6. The molecule has 2 rings (SSSR count). The molecule has 0 fully saturated rings. The van der Waals surface area contributed by atoms with Crippen molar-refractivity contribution in [3.8, 4) is 0 Å². The van der Waals surface area contributed by atoms with Crippen LogP contribution in [0.4, 0.5) is 0 Å². The Morgan fingerprint density at radius 2 is 1.70 bits per heavy atom. The van der Waals surface area contributed by atoms with Crippen molar-refractivity contribution < 1.29 is 13.2 Å². The fourth-order valence-corrected chi connectivity index (χ4v) is 4.15. The van der Waals surface area contributed by atoms with Crippen LogP contribution in [0, 0.1) is 6.92 Å². The lowest BCUT2D eigenvalue weighted by Crippen LogP contribution is -2.40. The van der Waals surface area contributed by atoms with E-state index in [9.17, 15) is 13.2 Å². The van der Waals surface area contributed by atoms with E-state index in [1.807, 2.05) is 38.1 Å². The molecule has 0 atom stereocenters. The quantitative estimate of drug-likeness (QED) is 0.587. The topological polar surface area (TPSA) is 66.5 Å². The van der Waals surface area contributed by atoms with Crippen molar-refractivity contribution in [2.24, 2.45) is 0 Å². The summed E-state index contributed by atoms with van der Waals surface area (Å²) in [6, 6.07) is 14.1. The van der Waals surface area contributed by atoms with Gasteiger partial charge in [0, 0.05) is 17.6 Å². The van der Waals surface area contributed by atoms with Crippen molar-refractivity contribution in [3.63, 3.8) is 0 Å². The van der Waals surface area contributed by atoms with Gasteiger partial charge in [0.1, 0.15) is 0 Å². The fraction of sp³-hybridized carbons (Fsp3) is 0.350. The molecule has 0 aliphatic carbocycles. The molecule has 0 aliphatic heterocycles. The third-order valence-electron chi connectivity index (χ3n) is 4.10. The molecule has 5 nitrogen and oxygen atoms in total. The van der Waals surface area contributed by atoms with E-state index in [1.54, 1.807) is 24.3 Å². The van der Waals surface area contributed by atoms with Gasteiger partial charge in [-0.15, -0.1) is 0 Å². The number of aryl methyl sites for hydroxylation is 1. The van der Waals surface area contributed by atoms with Crippen LogP contribution in [0.2, 0.25) is 0 Å². The molecular formula is C20H25BrN2O3S. The summed E-state index contributed by atoms with van der Waals surface area (Å²) < 4.78 is 28.4. The Morgan fingerprint density at radius 1 is 1.07 bits per heavy atom. The minimum atomic E-state index is -3.79. The molecular weight excluding hydrogens is 428 g/mol.